The molecule has 0 aliphatic carbocycles. The number of hydrogen-bond acceptors (Lipinski definition) is 6. The highest BCUT2D eigenvalue weighted by Gasteiger charge is 2.18. The molecule has 2 N–H and O–H groups in total. The molecule has 0 spiro atoms. The van der Waals surface area contributed by atoms with Crippen molar-refractivity contribution in [3.8, 4) is 23.0 Å². The summed E-state index contributed by atoms with van der Waals surface area (Å²) in [5, 5.41) is 14.0. The summed E-state index contributed by atoms with van der Waals surface area (Å²) >= 11 is 3.55. The fraction of sp³-hybridized carbons (Fsp3) is 0.280. The van der Waals surface area contributed by atoms with E-state index in [1.807, 2.05) is 12.1 Å². The molecule has 1 aliphatic heterocycles. The second kappa shape index (κ2) is 10.9. The third-order valence-electron chi connectivity index (χ3n) is 5.20. The average Bonchev–Trinajstić information content (AvgIpc) is 2.83. The minimum absolute atomic E-state index is 0.0385. The van der Waals surface area contributed by atoms with Crippen LogP contribution >= 0.6 is 15.9 Å². The first-order chi connectivity index (χ1) is 16.0. The molecule has 3 aromatic rings. The van der Waals surface area contributed by atoms with Gasteiger partial charge in [-0.2, -0.15) is 0 Å². The van der Waals surface area contributed by atoms with Crippen LogP contribution in [0.25, 0.3) is 0 Å². The summed E-state index contributed by atoms with van der Waals surface area (Å²) in [6, 6.07) is 15.6. The molecule has 3 aromatic carbocycles. The van der Waals surface area contributed by atoms with Crippen molar-refractivity contribution < 1.29 is 28.4 Å². The monoisotopic (exact) mass is 517 g/mol. The summed E-state index contributed by atoms with van der Waals surface area (Å²) in [5.41, 5.74) is 2.66. The van der Waals surface area contributed by atoms with Crippen LogP contribution in [0.5, 0.6) is 23.0 Å². The summed E-state index contributed by atoms with van der Waals surface area (Å²) in [6.07, 6.45) is -0.852. The highest BCUT2D eigenvalue weighted by atomic mass is 79.9. The molecule has 0 fully saturated rings. The van der Waals surface area contributed by atoms with Gasteiger partial charge in [0.15, 0.2) is 23.0 Å². The number of ether oxygens (including phenoxy) is 4. The van der Waals surface area contributed by atoms with E-state index in [1.54, 1.807) is 37.4 Å². The van der Waals surface area contributed by atoms with Gasteiger partial charge in [-0.15, -0.1) is 0 Å². The van der Waals surface area contributed by atoms with E-state index in [2.05, 4.69) is 21.2 Å². The largest absolute Gasteiger partial charge is 0.493 e. The summed E-state index contributed by atoms with van der Waals surface area (Å²) in [6.45, 7) is 2.24. The van der Waals surface area contributed by atoms with Crippen LogP contribution < -0.4 is 24.3 Å². The molecule has 174 valence electrons. The number of hydrogen-bond donors (Lipinski definition) is 2. The predicted molar refractivity (Wildman–Crippen MR) is 126 cm³/mol. The van der Waals surface area contributed by atoms with Gasteiger partial charge in [0.1, 0.15) is 31.7 Å². The van der Waals surface area contributed by atoms with Gasteiger partial charge in [-0.05, 0) is 69.0 Å². The van der Waals surface area contributed by atoms with Gasteiger partial charge in [-0.25, -0.2) is 4.39 Å². The molecule has 0 saturated carbocycles. The lowest BCUT2D eigenvalue weighted by Crippen LogP contribution is -2.16. The maximum absolute atomic E-state index is 13.0. The summed E-state index contributed by atoms with van der Waals surface area (Å²) in [5.74, 6) is 2.11. The smallest absolute Gasteiger partial charge is 0.175 e. The molecule has 0 saturated heterocycles. The first kappa shape index (κ1) is 23.4. The molecule has 0 radical (unpaired) electrons. The molecular formula is C25H25BrFNO5. The van der Waals surface area contributed by atoms with E-state index in [1.165, 1.54) is 12.1 Å². The molecule has 0 bridgehead atoms. The Kier molecular flexibility index (Phi) is 7.69. The number of nitrogens with one attached hydrogen (secondary N) is 1. The zero-order valence-corrected chi connectivity index (χ0v) is 19.7. The molecule has 1 unspecified atom stereocenters. The Hall–Kier alpha value is -2.81. The van der Waals surface area contributed by atoms with Crippen molar-refractivity contribution in [3.63, 3.8) is 0 Å². The van der Waals surface area contributed by atoms with Crippen LogP contribution in [-0.2, 0) is 13.1 Å². The van der Waals surface area contributed by atoms with Crippen molar-refractivity contribution in [2.75, 3.05) is 26.9 Å². The van der Waals surface area contributed by atoms with Crippen LogP contribution in [0.2, 0.25) is 0 Å². The van der Waals surface area contributed by atoms with Gasteiger partial charge >= 0.3 is 0 Å². The first-order valence-corrected chi connectivity index (χ1v) is 11.3. The van der Waals surface area contributed by atoms with Gasteiger partial charge < -0.3 is 29.4 Å². The van der Waals surface area contributed by atoms with Crippen molar-refractivity contribution in [1.82, 2.24) is 5.32 Å². The third kappa shape index (κ3) is 5.96. The fourth-order valence-electron chi connectivity index (χ4n) is 3.49. The van der Waals surface area contributed by atoms with E-state index >= 15 is 0 Å². The Bertz CT molecular complexity index is 1090. The van der Waals surface area contributed by atoms with Gasteiger partial charge in [0.25, 0.3) is 0 Å². The molecule has 1 heterocycles. The normalized spacial score (nSPS) is 13.5. The number of benzene rings is 3. The summed E-state index contributed by atoms with van der Waals surface area (Å²) < 4.78 is 36.3. The van der Waals surface area contributed by atoms with Crippen molar-refractivity contribution in [2.45, 2.75) is 19.2 Å². The Morgan fingerprint density at radius 1 is 1.00 bits per heavy atom. The molecule has 6 nitrogen and oxygen atoms in total. The third-order valence-corrected chi connectivity index (χ3v) is 5.79. The molecule has 1 aliphatic rings. The Labute approximate surface area is 200 Å². The van der Waals surface area contributed by atoms with E-state index < -0.39 is 6.10 Å². The lowest BCUT2D eigenvalue weighted by Gasteiger charge is -2.21. The van der Waals surface area contributed by atoms with E-state index in [0.29, 0.717) is 54.9 Å². The number of fused-ring (bicyclic) bond motifs is 1. The Balaban J connectivity index is 1.37. The average molecular weight is 518 g/mol. The Morgan fingerprint density at radius 2 is 1.73 bits per heavy atom. The minimum Gasteiger partial charge on any atom is -0.493 e. The second-order valence-corrected chi connectivity index (χ2v) is 8.42. The van der Waals surface area contributed by atoms with Crippen LogP contribution in [0.4, 0.5) is 4.39 Å². The lowest BCUT2D eigenvalue weighted by atomic mass is 10.1. The number of halogens is 2. The van der Waals surface area contributed by atoms with Crippen LogP contribution in [0, 0.1) is 5.82 Å². The maximum atomic E-state index is 13.0. The Morgan fingerprint density at radius 3 is 2.48 bits per heavy atom. The van der Waals surface area contributed by atoms with Crippen molar-refractivity contribution >= 4 is 15.9 Å². The van der Waals surface area contributed by atoms with Crippen molar-refractivity contribution in [3.05, 3.63) is 81.6 Å². The molecule has 33 heavy (non-hydrogen) atoms. The van der Waals surface area contributed by atoms with Crippen LogP contribution in [-0.4, -0.2) is 32.0 Å². The van der Waals surface area contributed by atoms with E-state index in [0.717, 1.165) is 15.6 Å². The fourth-order valence-corrected chi connectivity index (χ4v) is 4.10. The van der Waals surface area contributed by atoms with Crippen molar-refractivity contribution in [1.29, 1.82) is 0 Å². The van der Waals surface area contributed by atoms with Gasteiger partial charge in [0.2, 0.25) is 0 Å². The van der Waals surface area contributed by atoms with Gasteiger partial charge in [-0.1, -0.05) is 18.2 Å². The zero-order valence-electron chi connectivity index (χ0n) is 18.1. The number of aliphatic hydroxyl groups excluding tert-OH is 1. The van der Waals surface area contributed by atoms with Crippen LogP contribution in [0.15, 0.2) is 59.1 Å². The molecule has 0 aromatic heterocycles. The number of rotatable bonds is 9. The van der Waals surface area contributed by atoms with Gasteiger partial charge in [-0.3, -0.25) is 0 Å². The molecule has 4 rings (SSSR count). The van der Waals surface area contributed by atoms with Crippen LogP contribution in [0.3, 0.4) is 0 Å². The second-order valence-electron chi connectivity index (χ2n) is 7.57. The SMILES string of the molecule is COc1cc(CNCc2ccc(F)cc2)cc(Br)c1OCC(O)c1ccc2c(c1)OCCO2. The number of methoxy groups -OCH3 is 1. The minimum atomic E-state index is -0.852. The van der Waals surface area contributed by atoms with Gasteiger partial charge in [0.05, 0.1) is 11.6 Å². The standard InChI is InChI=1S/C25H25BrFNO5/c1-30-24-11-17(14-28-13-16-2-5-19(27)6-3-16)10-20(26)25(24)33-15-21(29)18-4-7-22-23(12-18)32-9-8-31-22/h2-7,10-12,21,28-29H,8-9,13-15H2,1H3. The zero-order chi connectivity index (χ0) is 23.2. The highest BCUT2D eigenvalue weighted by molar-refractivity contribution is 9.10. The van der Waals surface area contributed by atoms with E-state index in [9.17, 15) is 9.50 Å². The predicted octanol–water partition coefficient (Wildman–Crippen LogP) is 4.77. The summed E-state index contributed by atoms with van der Waals surface area (Å²) in [7, 11) is 1.57. The highest BCUT2D eigenvalue weighted by Crippen LogP contribution is 2.38. The van der Waals surface area contributed by atoms with Crippen LogP contribution in [0.1, 0.15) is 22.8 Å². The molecule has 1 atom stereocenters. The molecule has 8 heteroatoms. The van der Waals surface area contributed by atoms with Gasteiger partial charge in [0, 0.05) is 13.1 Å². The maximum Gasteiger partial charge on any atom is 0.175 e. The topological polar surface area (TPSA) is 69.2 Å². The van der Waals surface area contributed by atoms with Crippen molar-refractivity contribution in [2.24, 2.45) is 0 Å². The number of aliphatic hydroxyl groups is 1. The van der Waals surface area contributed by atoms with E-state index in [4.69, 9.17) is 18.9 Å². The molecular weight excluding hydrogens is 493 g/mol. The first-order valence-electron chi connectivity index (χ1n) is 10.6. The lowest BCUT2D eigenvalue weighted by molar-refractivity contribution is 0.105. The van der Waals surface area contributed by atoms with E-state index in [-0.39, 0.29) is 12.4 Å². The summed E-state index contributed by atoms with van der Waals surface area (Å²) in [4.78, 5) is 0. The quantitative estimate of drug-likeness (QED) is 0.426. The molecule has 0 amide bonds.